The van der Waals surface area contributed by atoms with E-state index >= 15 is 0 Å². The van der Waals surface area contributed by atoms with Crippen LogP contribution in [0.5, 0.6) is 0 Å². The number of amides is 1. The van der Waals surface area contributed by atoms with Gasteiger partial charge in [0.15, 0.2) is 0 Å². The van der Waals surface area contributed by atoms with Crippen LogP contribution in [-0.2, 0) is 15.7 Å². The molecule has 6 nitrogen and oxygen atoms in total. The van der Waals surface area contributed by atoms with Gasteiger partial charge in [-0.3, -0.25) is 4.79 Å². The molecule has 0 spiro atoms. The second-order valence-electron chi connectivity index (χ2n) is 7.62. The van der Waals surface area contributed by atoms with Crippen molar-refractivity contribution in [2.24, 2.45) is 0 Å². The van der Waals surface area contributed by atoms with Gasteiger partial charge in [-0.05, 0) is 37.6 Å². The highest BCUT2D eigenvalue weighted by atomic mass is 19.4. The number of aromatic nitrogens is 1. The van der Waals surface area contributed by atoms with Crippen molar-refractivity contribution in [2.45, 2.75) is 38.6 Å². The van der Waals surface area contributed by atoms with Crippen molar-refractivity contribution < 1.29 is 22.7 Å². The summed E-state index contributed by atoms with van der Waals surface area (Å²) >= 11 is 0. The van der Waals surface area contributed by atoms with Crippen molar-refractivity contribution in [3.63, 3.8) is 0 Å². The highest BCUT2D eigenvalue weighted by Gasteiger charge is 2.43. The third-order valence-electron chi connectivity index (χ3n) is 5.42. The molecule has 1 saturated heterocycles. The summed E-state index contributed by atoms with van der Waals surface area (Å²) in [4.78, 5) is 20.5. The molecule has 1 amide bonds. The van der Waals surface area contributed by atoms with Crippen LogP contribution in [0.1, 0.15) is 28.8 Å². The monoisotopic (exact) mass is 432 g/mol. The van der Waals surface area contributed by atoms with Gasteiger partial charge in [0.25, 0.3) is 0 Å². The zero-order valence-corrected chi connectivity index (χ0v) is 17.7. The Morgan fingerprint density at radius 1 is 1.32 bits per heavy atom. The number of hydrogen-bond donors (Lipinski definition) is 0. The van der Waals surface area contributed by atoms with Gasteiger partial charge in [-0.2, -0.15) is 18.4 Å². The average Bonchev–Trinajstić information content (AvgIpc) is 3.15. The molecule has 164 valence electrons. The molecule has 1 fully saturated rings. The van der Waals surface area contributed by atoms with Gasteiger partial charge < -0.3 is 14.5 Å². The highest BCUT2D eigenvalue weighted by Crippen LogP contribution is 2.38. The van der Waals surface area contributed by atoms with Crippen molar-refractivity contribution in [3.05, 3.63) is 52.7 Å². The minimum Gasteiger partial charge on any atom is -0.380 e. The van der Waals surface area contributed by atoms with E-state index in [1.165, 1.54) is 23.8 Å². The first-order chi connectivity index (χ1) is 14.6. The smallest absolute Gasteiger partial charge is 0.380 e. The van der Waals surface area contributed by atoms with Crippen molar-refractivity contribution in [1.29, 1.82) is 5.26 Å². The van der Waals surface area contributed by atoms with Crippen LogP contribution < -0.4 is 9.80 Å². The summed E-state index contributed by atoms with van der Waals surface area (Å²) in [5, 5.41) is 9.54. The van der Waals surface area contributed by atoms with Crippen LogP contribution in [0.25, 0.3) is 0 Å². The van der Waals surface area contributed by atoms with E-state index in [2.05, 4.69) is 4.98 Å². The van der Waals surface area contributed by atoms with E-state index < -0.39 is 23.3 Å². The lowest BCUT2D eigenvalue weighted by Crippen LogP contribution is -2.45. The minimum absolute atomic E-state index is 0.112. The first-order valence-corrected chi connectivity index (χ1v) is 9.69. The number of carbonyl (C=O) groups is 1. The molecular weight excluding hydrogens is 409 g/mol. The summed E-state index contributed by atoms with van der Waals surface area (Å²) in [5.41, 5.74) is 0.0968. The van der Waals surface area contributed by atoms with E-state index in [1.807, 2.05) is 25.1 Å². The van der Waals surface area contributed by atoms with Gasteiger partial charge in [0.1, 0.15) is 23.5 Å². The normalized spacial score (nSPS) is 18.7. The number of likely N-dealkylation sites (N-methyl/N-ethyl adjacent to an activating group) is 1. The maximum absolute atomic E-state index is 13.6. The van der Waals surface area contributed by atoms with Crippen molar-refractivity contribution >= 4 is 17.4 Å². The fourth-order valence-corrected chi connectivity index (χ4v) is 3.82. The second kappa shape index (κ2) is 8.55. The van der Waals surface area contributed by atoms with E-state index in [-0.39, 0.29) is 36.5 Å². The lowest BCUT2D eigenvalue weighted by Gasteiger charge is -2.30. The number of benzene rings is 1. The van der Waals surface area contributed by atoms with E-state index in [0.29, 0.717) is 5.69 Å². The van der Waals surface area contributed by atoms with Gasteiger partial charge in [0.05, 0.1) is 11.7 Å². The number of methoxy groups -OCH3 is 1. The molecule has 2 heterocycles. The minimum atomic E-state index is -4.72. The molecule has 3 rings (SSSR count). The number of anilines is 2. The van der Waals surface area contributed by atoms with Crippen molar-refractivity contribution in [3.8, 4) is 6.07 Å². The number of nitrogens with zero attached hydrogens (tertiary/aromatic N) is 4. The van der Waals surface area contributed by atoms with Crippen LogP contribution >= 0.6 is 0 Å². The standard InChI is InChI=1S/C22H23F3N4O2/c1-13-6-5-7-15(8-13)28(3)21(30)19-10-16(31-4)12-29(19)20-17(11-26)18(22(23,24)25)9-14(2)27-20/h5-9,16,19H,10,12H2,1-4H3/t16-,19-/m0/s1. The molecule has 31 heavy (non-hydrogen) atoms. The number of aryl methyl sites for hydroxylation is 2. The Bertz CT molecular complexity index is 1030. The zero-order chi connectivity index (χ0) is 22.9. The molecule has 1 aliphatic heterocycles. The molecule has 1 aromatic carbocycles. The molecule has 0 unspecified atom stereocenters. The maximum Gasteiger partial charge on any atom is 0.417 e. The van der Waals surface area contributed by atoms with Crippen molar-refractivity contribution in [2.75, 3.05) is 30.5 Å². The number of rotatable bonds is 4. The van der Waals surface area contributed by atoms with E-state index in [1.54, 1.807) is 19.2 Å². The summed E-state index contributed by atoms with van der Waals surface area (Å²) in [6, 6.07) is 9.03. The lowest BCUT2D eigenvalue weighted by molar-refractivity contribution is -0.137. The van der Waals surface area contributed by atoms with Gasteiger partial charge in [-0.25, -0.2) is 4.98 Å². The van der Waals surface area contributed by atoms with Crippen LogP contribution in [0.15, 0.2) is 30.3 Å². The quantitative estimate of drug-likeness (QED) is 0.734. The lowest BCUT2D eigenvalue weighted by atomic mass is 10.1. The number of ether oxygens (including phenoxy) is 1. The summed E-state index contributed by atoms with van der Waals surface area (Å²) in [6.45, 7) is 3.48. The van der Waals surface area contributed by atoms with Crippen molar-refractivity contribution in [1.82, 2.24) is 4.98 Å². The third kappa shape index (κ3) is 4.49. The van der Waals surface area contributed by atoms with Crippen LogP contribution in [0.3, 0.4) is 0 Å². The Kier molecular flexibility index (Phi) is 6.23. The molecule has 0 N–H and O–H groups in total. The van der Waals surface area contributed by atoms with Crippen LogP contribution in [-0.4, -0.2) is 43.7 Å². The van der Waals surface area contributed by atoms with Crippen LogP contribution in [0.2, 0.25) is 0 Å². The Hall–Kier alpha value is -3.12. The second-order valence-corrected chi connectivity index (χ2v) is 7.62. The Labute approximate surface area is 178 Å². The molecule has 1 aliphatic rings. The Morgan fingerprint density at radius 2 is 2.03 bits per heavy atom. The third-order valence-corrected chi connectivity index (χ3v) is 5.42. The summed E-state index contributed by atoms with van der Waals surface area (Å²) < 4.78 is 46.1. The topological polar surface area (TPSA) is 69.5 Å². The first-order valence-electron chi connectivity index (χ1n) is 9.69. The van der Waals surface area contributed by atoms with Gasteiger partial charge in [-0.15, -0.1) is 0 Å². The van der Waals surface area contributed by atoms with E-state index in [9.17, 15) is 23.2 Å². The largest absolute Gasteiger partial charge is 0.417 e. The predicted molar refractivity (Wildman–Crippen MR) is 110 cm³/mol. The molecule has 9 heteroatoms. The molecule has 0 aliphatic carbocycles. The van der Waals surface area contributed by atoms with Gasteiger partial charge in [-0.1, -0.05) is 12.1 Å². The Morgan fingerprint density at radius 3 is 2.61 bits per heavy atom. The highest BCUT2D eigenvalue weighted by molar-refractivity contribution is 5.99. The van der Waals surface area contributed by atoms with Gasteiger partial charge in [0.2, 0.25) is 5.91 Å². The van der Waals surface area contributed by atoms with Crippen LogP contribution in [0, 0.1) is 25.2 Å². The Balaban J connectivity index is 2.06. The predicted octanol–water partition coefficient (Wildman–Crippen LogP) is 3.85. The zero-order valence-electron chi connectivity index (χ0n) is 17.7. The molecule has 2 aromatic rings. The number of halogens is 3. The SMILES string of the molecule is CO[C@H]1C[C@@H](C(=O)N(C)c2cccc(C)c2)N(c2nc(C)cc(C(F)(F)F)c2C#N)C1. The van der Waals surface area contributed by atoms with Gasteiger partial charge >= 0.3 is 6.18 Å². The first kappa shape index (κ1) is 22.6. The summed E-state index contributed by atoms with van der Waals surface area (Å²) in [5.74, 6) is -0.462. The fourth-order valence-electron chi connectivity index (χ4n) is 3.82. The van der Waals surface area contributed by atoms with Crippen LogP contribution in [0.4, 0.5) is 24.7 Å². The molecular formula is C22H23F3N4O2. The number of pyridine rings is 1. The average molecular weight is 432 g/mol. The maximum atomic E-state index is 13.6. The molecule has 0 radical (unpaired) electrons. The molecule has 0 bridgehead atoms. The van der Waals surface area contributed by atoms with E-state index in [0.717, 1.165) is 11.6 Å². The molecule has 0 saturated carbocycles. The number of hydrogen-bond acceptors (Lipinski definition) is 5. The number of carbonyl (C=O) groups excluding carboxylic acids is 1. The molecule has 1 aromatic heterocycles. The molecule has 2 atom stereocenters. The summed E-state index contributed by atoms with van der Waals surface area (Å²) in [7, 11) is 3.10. The van der Waals surface area contributed by atoms with E-state index in [4.69, 9.17) is 4.74 Å². The van der Waals surface area contributed by atoms with Gasteiger partial charge in [0, 0.05) is 38.5 Å². The number of alkyl halides is 3. The summed E-state index contributed by atoms with van der Waals surface area (Å²) in [6.07, 6.45) is -4.83. The fraction of sp³-hybridized carbons (Fsp3) is 0.409. The number of nitriles is 1.